The molecule has 1 amide bonds. The topological polar surface area (TPSA) is 59.0 Å². The molecule has 0 aliphatic heterocycles. The zero-order valence-corrected chi connectivity index (χ0v) is 11.7. The molecular formula is C14H12N4OS. The van der Waals surface area contributed by atoms with E-state index in [0.29, 0.717) is 12.2 Å². The van der Waals surface area contributed by atoms with Gasteiger partial charge in [-0.2, -0.15) is 0 Å². The summed E-state index contributed by atoms with van der Waals surface area (Å²) in [6.45, 7) is 0.494. The lowest BCUT2D eigenvalue weighted by molar-refractivity contribution is 0.0779. The zero-order valence-electron chi connectivity index (χ0n) is 10.9. The van der Waals surface area contributed by atoms with E-state index in [9.17, 15) is 4.79 Å². The maximum Gasteiger partial charge on any atom is 0.275 e. The third kappa shape index (κ3) is 2.50. The Morgan fingerprint density at radius 3 is 3.00 bits per heavy atom. The lowest BCUT2D eigenvalue weighted by Gasteiger charge is -2.15. The molecule has 2 heterocycles. The normalized spacial score (nSPS) is 10.7. The third-order valence-corrected chi connectivity index (χ3v) is 3.50. The molecule has 0 saturated heterocycles. The second kappa shape index (κ2) is 5.34. The van der Waals surface area contributed by atoms with Gasteiger partial charge < -0.3 is 4.90 Å². The van der Waals surface area contributed by atoms with E-state index in [1.54, 1.807) is 23.5 Å². The molecular weight excluding hydrogens is 272 g/mol. The first kappa shape index (κ1) is 12.7. The molecule has 0 aliphatic carbocycles. The van der Waals surface area contributed by atoms with Crippen LogP contribution in [0, 0.1) is 0 Å². The Hall–Kier alpha value is -2.34. The van der Waals surface area contributed by atoms with Crippen LogP contribution in [0.15, 0.2) is 41.9 Å². The van der Waals surface area contributed by atoms with Crippen molar-refractivity contribution in [3.63, 3.8) is 0 Å². The molecule has 0 spiro atoms. The second-order valence-corrected chi connectivity index (χ2v) is 5.10. The predicted molar refractivity (Wildman–Crippen MR) is 77.4 cm³/mol. The molecule has 1 aromatic carbocycles. The molecule has 0 bridgehead atoms. The van der Waals surface area contributed by atoms with Crippen LogP contribution in [0.3, 0.4) is 0 Å². The average Bonchev–Trinajstić information content (AvgIpc) is 3.00. The minimum atomic E-state index is -0.132. The summed E-state index contributed by atoms with van der Waals surface area (Å²) >= 11 is 1.17. The van der Waals surface area contributed by atoms with E-state index in [1.807, 2.05) is 30.3 Å². The van der Waals surface area contributed by atoms with Crippen LogP contribution in [-0.4, -0.2) is 32.4 Å². The van der Waals surface area contributed by atoms with Crippen LogP contribution in [0.25, 0.3) is 10.9 Å². The van der Waals surface area contributed by atoms with Gasteiger partial charge in [-0.1, -0.05) is 22.7 Å². The predicted octanol–water partition coefficient (Wildman–Crippen LogP) is 2.36. The van der Waals surface area contributed by atoms with E-state index in [2.05, 4.69) is 14.6 Å². The number of nitrogens with zero attached hydrogens (tertiary/aromatic N) is 4. The summed E-state index contributed by atoms with van der Waals surface area (Å²) in [6, 6.07) is 9.96. The lowest BCUT2D eigenvalue weighted by Crippen LogP contribution is -2.26. The van der Waals surface area contributed by atoms with Crippen LogP contribution in [0.2, 0.25) is 0 Å². The van der Waals surface area contributed by atoms with E-state index < -0.39 is 0 Å². The number of para-hydroxylation sites is 1. The molecule has 0 N–H and O–H groups in total. The van der Waals surface area contributed by atoms with Gasteiger partial charge in [-0.3, -0.25) is 9.78 Å². The first-order valence-electron chi connectivity index (χ1n) is 6.10. The monoisotopic (exact) mass is 284 g/mol. The van der Waals surface area contributed by atoms with Gasteiger partial charge in [0.05, 0.1) is 5.52 Å². The van der Waals surface area contributed by atoms with Gasteiger partial charge in [0.1, 0.15) is 0 Å². The quantitative estimate of drug-likeness (QED) is 0.741. The van der Waals surface area contributed by atoms with Gasteiger partial charge in [-0.25, -0.2) is 0 Å². The van der Waals surface area contributed by atoms with Crippen LogP contribution in [0.1, 0.15) is 16.1 Å². The molecule has 0 atom stereocenters. The van der Waals surface area contributed by atoms with Crippen molar-refractivity contribution in [1.82, 2.24) is 19.5 Å². The number of hydrogen-bond donors (Lipinski definition) is 0. The van der Waals surface area contributed by atoms with Crippen molar-refractivity contribution in [1.29, 1.82) is 0 Å². The molecule has 0 fully saturated rings. The maximum absolute atomic E-state index is 12.1. The van der Waals surface area contributed by atoms with E-state index in [1.165, 1.54) is 11.5 Å². The summed E-state index contributed by atoms with van der Waals surface area (Å²) < 4.78 is 3.71. The van der Waals surface area contributed by atoms with Crippen LogP contribution in [0.5, 0.6) is 0 Å². The van der Waals surface area contributed by atoms with Gasteiger partial charge in [-0.05, 0) is 29.2 Å². The van der Waals surface area contributed by atoms with Crippen LogP contribution in [0.4, 0.5) is 0 Å². The number of rotatable bonds is 3. The Kier molecular flexibility index (Phi) is 3.39. The number of hydrogen-bond acceptors (Lipinski definition) is 5. The van der Waals surface area contributed by atoms with Crippen molar-refractivity contribution < 1.29 is 4.79 Å². The summed E-state index contributed by atoms with van der Waals surface area (Å²) in [7, 11) is 1.75. The molecule has 0 radical (unpaired) electrons. The molecule has 6 heteroatoms. The summed E-state index contributed by atoms with van der Waals surface area (Å²) in [4.78, 5) is 18.1. The van der Waals surface area contributed by atoms with Crippen molar-refractivity contribution in [3.05, 3.63) is 53.2 Å². The highest BCUT2D eigenvalue weighted by atomic mass is 32.1. The number of benzene rings is 1. The Labute approximate surface area is 120 Å². The molecule has 100 valence electrons. The van der Waals surface area contributed by atoms with Gasteiger partial charge in [0.15, 0.2) is 5.69 Å². The largest absolute Gasteiger partial charge is 0.336 e. The first-order chi connectivity index (χ1) is 9.74. The summed E-state index contributed by atoms with van der Waals surface area (Å²) in [5.74, 6) is -0.132. The molecule has 3 aromatic rings. The fourth-order valence-electron chi connectivity index (χ4n) is 2.00. The molecule has 0 saturated carbocycles. The van der Waals surface area contributed by atoms with Gasteiger partial charge in [0.2, 0.25) is 0 Å². The molecule has 2 aromatic heterocycles. The average molecular weight is 284 g/mol. The number of fused-ring (bicyclic) bond motifs is 1. The van der Waals surface area contributed by atoms with Crippen molar-refractivity contribution in [2.75, 3.05) is 7.05 Å². The minimum Gasteiger partial charge on any atom is -0.336 e. The fraction of sp³-hybridized carbons (Fsp3) is 0.143. The lowest BCUT2D eigenvalue weighted by atomic mass is 10.1. The van der Waals surface area contributed by atoms with Crippen molar-refractivity contribution in [3.8, 4) is 0 Å². The Balaban J connectivity index is 1.80. The van der Waals surface area contributed by atoms with E-state index in [4.69, 9.17) is 0 Å². The summed E-state index contributed by atoms with van der Waals surface area (Å²) in [5, 5.41) is 6.51. The summed E-state index contributed by atoms with van der Waals surface area (Å²) in [6.07, 6.45) is 1.80. The van der Waals surface area contributed by atoms with Crippen LogP contribution >= 0.6 is 11.5 Å². The Bertz CT molecular complexity index is 742. The smallest absolute Gasteiger partial charge is 0.275 e. The summed E-state index contributed by atoms with van der Waals surface area (Å²) in [5.41, 5.74) is 2.32. The van der Waals surface area contributed by atoms with Gasteiger partial charge in [0, 0.05) is 30.6 Å². The molecule has 0 aliphatic rings. The molecule has 20 heavy (non-hydrogen) atoms. The molecule has 5 nitrogen and oxygen atoms in total. The standard InChI is InChI=1S/C14H12N4OS/c1-18(14(19)13-9-20-17-16-13)8-10-6-11-4-2-3-5-12(11)15-7-10/h2-7,9H,8H2,1H3. The fourth-order valence-corrected chi connectivity index (χ4v) is 2.43. The second-order valence-electron chi connectivity index (χ2n) is 4.49. The first-order valence-corrected chi connectivity index (χ1v) is 6.94. The SMILES string of the molecule is CN(Cc1cnc2ccccc2c1)C(=O)c1csnn1. The number of amides is 1. The van der Waals surface area contributed by atoms with Crippen LogP contribution in [-0.2, 0) is 6.54 Å². The number of aromatic nitrogens is 3. The van der Waals surface area contributed by atoms with Crippen molar-refractivity contribution >= 4 is 28.3 Å². The van der Waals surface area contributed by atoms with E-state index >= 15 is 0 Å². The van der Waals surface area contributed by atoms with Gasteiger partial charge >= 0.3 is 0 Å². The van der Waals surface area contributed by atoms with Gasteiger partial charge in [0.25, 0.3) is 5.91 Å². The van der Waals surface area contributed by atoms with Crippen molar-refractivity contribution in [2.24, 2.45) is 0 Å². The van der Waals surface area contributed by atoms with E-state index in [-0.39, 0.29) is 5.91 Å². The highest BCUT2D eigenvalue weighted by Crippen LogP contribution is 2.14. The number of carbonyl (C=O) groups excluding carboxylic acids is 1. The van der Waals surface area contributed by atoms with Crippen LogP contribution < -0.4 is 0 Å². The highest BCUT2D eigenvalue weighted by molar-refractivity contribution is 7.03. The highest BCUT2D eigenvalue weighted by Gasteiger charge is 2.14. The third-order valence-electron chi connectivity index (χ3n) is 2.99. The molecule has 0 unspecified atom stereocenters. The van der Waals surface area contributed by atoms with E-state index in [0.717, 1.165) is 16.5 Å². The minimum absolute atomic E-state index is 0.132. The van der Waals surface area contributed by atoms with Crippen molar-refractivity contribution in [2.45, 2.75) is 6.54 Å². The number of pyridine rings is 1. The Morgan fingerprint density at radius 1 is 1.35 bits per heavy atom. The van der Waals surface area contributed by atoms with Gasteiger partial charge in [-0.15, -0.1) is 5.10 Å². The maximum atomic E-state index is 12.1. The number of carbonyl (C=O) groups is 1. The Morgan fingerprint density at radius 2 is 2.20 bits per heavy atom. The molecule has 3 rings (SSSR count). The zero-order chi connectivity index (χ0) is 13.9.